The molecule has 0 radical (unpaired) electrons. The summed E-state index contributed by atoms with van der Waals surface area (Å²) in [6, 6.07) is 27.3. The Balaban J connectivity index is 1.12. The van der Waals surface area contributed by atoms with Gasteiger partial charge in [0.2, 0.25) is 0 Å². The predicted octanol–water partition coefficient (Wildman–Crippen LogP) is 5.38. The van der Waals surface area contributed by atoms with Crippen molar-refractivity contribution in [3.63, 3.8) is 0 Å². The molecule has 0 spiro atoms. The van der Waals surface area contributed by atoms with Crippen LogP contribution in [0, 0.1) is 0 Å². The maximum Gasteiger partial charge on any atom is 0.262 e. The summed E-state index contributed by atoms with van der Waals surface area (Å²) in [4.78, 5) is 27.2. The molecule has 0 atom stereocenters. The van der Waals surface area contributed by atoms with E-state index in [1.807, 2.05) is 54.6 Å². The lowest BCUT2D eigenvalue weighted by molar-refractivity contribution is -0.118. The number of aromatic nitrogens is 2. The van der Waals surface area contributed by atoms with Crippen LogP contribution in [-0.4, -0.2) is 41.6 Å². The lowest BCUT2D eigenvalue weighted by atomic mass is 10.0. The van der Waals surface area contributed by atoms with Crippen molar-refractivity contribution in [1.82, 2.24) is 10.2 Å². The van der Waals surface area contributed by atoms with E-state index in [2.05, 4.69) is 20.4 Å². The second-order valence-corrected chi connectivity index (χ2v) is 8.96. The molecular weight excluding hydrogens is 464 g/mol. The molecule has 37 heavy (non-hydrogen) atoms. The number of hydrogen-bond acceptors (Lipinski definition) is 6. The number of piperidine rings is 1. The van der Waals surface area contributed by atoms with Gasteiger partial charge in [-0.25, -0.2) is 0 Å². The van der Waals surface area contributed by atoms with Crippen molar-refractivity contribution in [3.8, 4) is 17.0 Å². The average Bonchev–Trinajstić information content (AvgIpc) is 2.97. The lowest BCUT2D eigenvalue weighted by Crippen LogP contribution is -2.30. The molecule has 0 saturated carbocycles. The minimum Gasteiger partial charge on any atom is -0.484 e. The topological polar surface area (TPSA) is 84.4 Å². The second kappa shape index (κ2) is 11.5. The lowest BCUT2D eigenvalue weighted by Gasteiger charge is -2.27. The summed E-state index contributed by atoms with van der Waals surface area (Å²) in [6.45, 7) is 1.92. The van der Waals surface area contributed by atoms with Crippen molar-refractivity contribution in [3.05, 3.63) is 102 Å². The van der Waals surface area contributed by atoms with Crippen LogP contribution in [0.5, 0.6) is 5.75 Å². The van der Waals surface area contributed by atoms with Gasteiger partial charge in [0.05, 0.1) is 5.69 Å². The number of benzene rings is 3. The SMILES string of the molecule is O=C(COc1ccc(C(=O)c2ccccc2)cc1)Nc1ccc(-c2ccc(N3CCCCC3)nn2)cc1. The molecule has 4 aromatic rings. The van der Waals surface area contributed by atoms with E-state index in [0.717, 1.165) is 30.2 Å². The van der Waals surface area contributed by atoms with E-state index in [0.29, 0.717) is 22.6 Å². The first-order chi connectivity index (χ1) is 18.2. The van der Waals surface area contributed by atoms with Crippen LogP contribution in [0.15, 0.2) is 91.0 Å². The highest BCUT2D eigenvalue weighted by atomic mass is 16.5. The summed E-state index contributed by atoms with van der Waals surface area (Å²) in [7, 11) is 0. The Labute approximate surface area is 216 Å². The Morgan fingerprint density at radius 1 is 0.757 bits per heavy atom. The average molecular weight is 493 g/mol. The van der Waals surface area contributed by atoms with E-state index in [9.17, 15) is 9.59 Å². The second-order valence-electron chi connectivity index (χ2n) is 8.96. The number of rotatable bonds is 8. The number of nitrogens with one attached hydrogen (secondary N) is 1. The van der Waals surface area contributed by atoms with Crippen LogP contribution >= 0.6 is 0 Å². The first kappa shape index (κ1) is 24.2. The van der Waals surface area contributed by atoms with Crippen LogP contribution in [0.4, 0.5) is 11.5 Å². The van der Waals surface area contributed by atoms with Crippen LogP contribution in [0.25, 0.3) is 11.3 Å². The van der Waals surface area contributed by atoms with E-state index in [1.54, 1.807) is 36.4 Å². The number of ketones is 1. The number of carbonyl (C=O) groups excluding carboxylic acids is 2. The normalized spacial score (nSPS) is 13.1. The molecule has 1 aliphatic rings. The van der Waals surface area contributed by atoms with Gasteiger partial charge < -0.3 is 15.0 Å². The summed E-state index contributed by atoms with van der Waals surface area (Å²) < 4.78 is 5.59. The molecule has 1 aliphatic heterocycles. The molecule has 1 N–H and O–H groups in total. The minimum absolute atomic E-state index is 0.0581. The van der Waals surface area contributed by atoms with Gasteiger partial charge in [0.1, 0.15) is 5.75 Å². The zero-order valence-corrected chi connectivity index (χ0v) is 20.5. The van der Waals surface area contributed by atoms with Crippen LogP contribution in [-0.2, 0) is 4.79 Å². The van der Waals surface area contributed by atoms with E-state index in [1.165, 1.54) is 19.3 Å². The van der Waals surface area contributed by atoms with Crippen LogP contribution in [0.1, 0.15) is 35.2 Å². The van der Waals surface area contributed by atoms with E-state index in [-0.39, 0.29) is 18.3 Å². The molecule has 186 valence electrons. The van der Waals surface area contributed by atoms with Crippen molar-refractivity contribution in [2.75, 3.05) is 29.9 Å². The fourth-order valence-electron chi connectivity index (χ4n) is 4.30. The van der Waals surface area contributed by atoms with Crippen molar-refractivity contribution >= 4 is 23.2 Å². The molecule has 5 rings (SSSR count). The third-order valence-corrected chi connectivity index (χ3v) is 6.32. The standard InChI is InChI=1S/C30H28N4O3/c35-29(21-37-26-15-11-24(12-16-26)30(36)23-7-3-1-4-8-23)31-25-13-9-22(10-14-25)27-17-18-28(33-32-27)34-19-5-2-6-20-34/h1,3-4,7-18H,2,5-6,19-21H2,(H,31,35). The summed E-state index contributed by atoms with van der Waals surface area (Å²) in [6.07, 6.45) is 3.68. The van der Waals surface area contributed by atoms with Crippen molar-refractivity contribution in [1.29, 1.82) is 0 Å². The zero-order chi connectivity index (χ0) is 25.5. The highest BCUT2D eigenvalue weighted by molar-refractivity contribution is 6.09. The van der Waals surface area contributed by atoms with Crippen molar-refractivity contribution in [2.24, 2.45) is 0 Å². The van der Waals surface area contributed by atoms with Crippen LogP contribution < -0.4 is 15.0 Å². The van der Waals surface area contributed by atoms with Gasteiger partial charge in [0, 0.05) is 35.5 Å². The predicted molar refractivity (Wildman–Crippen MR) is 144 cm³/mol. The van der Waals surface area contributed by atoms with Gasteiger partial charge >= 0.3 is 0 Å². The van der Waals surface area contributed by atoms with Gasteiger partial charge in [0.25, 0.3) is 5.91 Å². The number of carbonyl (C=O) groups is 2. The van der Waals surface area contributed by atoms with E-state index < -0.39 is 0 Å². The molecule has 0 bridgehead atoms. The Kier molecular flexibility index (Phi) is 7.50. The molecule has 0 unspecified atom stereocenters. The van der Waals surface area contributed by atoms with Gasteiger partial charge in [-0.2, -0.15) is 0 Å². The highest BCUT2D eigenvalue weighted by Gasteiger charge is 2.13. The summed E-state index contributed by atoms with van der Waals surface area (Å²) in [5.74, 6) is 1.10. The Hall–Kier alpha value is -4.52. The molecule has 3 aromatic carbocycles. The zero-order valence-electron chi connectivity index (χ0n) is 20.5. The van der Waals surface area contributed by atoms with Crippen molar-refractivity contribution < 1.29 is 14.3 Å². The highest BCUT2D eigenvalue weighted by Crippen LogP contribution is 2.22. The molecule has 7 heteroatoms. The van der Waals surface area contributed by atoms with Crippen molar-refractivity contribution in [2.45, 2.75) is 19.3 Å². The number of hydrogen-bond donors (Lipinski definition) is 1. The molecule has 0 aliphatic carbocycles. The number of ether oxygens (including phenoxy) is 1. The minimum atomic E-state index is -0.275. The molecule has 7 nitrogen and oxygen atoms in total. The molecule has 1 amide bonds. The van der Waals surface area contributed by atoms with Gasteiger partial charge in [0.15, 0.2) is 18.2 Å². The Morgan fingerprint density at radius 2 is 1.46 bits per heavy atom. The van der Waals surface area contributed by atoms with E-state index >= 15 is 0 Å². The van der Waals surface area contributed by atoms with Crippen LogP contribution in [0.2, 0.25) is 0 Å². The third kappa shape index (κ3) is 6.19. The third-order valence-electron chi connectivity index (χ3n) is 6.32. The molecule has 1 saturated heterocycles. The summed E-state index contributed by atoms with van der Waals surface area (Å²) in [5, 5.41) is 11.6. The largest absolute Gasteiger partial charge is 0.484 e. The maximum absolute atomic E-state index is 12.5. The number of amides is 1. The Bertz CT molecular complexity index is 1330. The molecular formula is C30H28N4O3. The maximum atomic E-state index is 12.5. The number of anilines is 2. The summed E-state index contributed by atoms with van der Waals surface area (Å²) >= 11 is 0. The van der Waals surface area contributed by atoms with E-state index in [4.69, 9.17) is 4.74 Å². The quantitative estimate of drug-likeness (QED) is 0.332. The fraction of sp³-hybridized carbons (Fsp3) is 0.200. The van der Waals surface area contributed by atoms with Gasteiger partial charge in [-0.3, -0.25) is 9.59 Å². The molecule has 2 heterocycles. The summed E-state index contributed by atoms with van der Waals surface area (Å²) in [5.41, 5.74) is 3.57. The Morgan fingerprint density at radius 3 is 2.14 bits per heavy atom. The van der Waals surface area contributed by atoms with Gasteiger partial charge in [-0.1, -0.05) is 42.5 Å². The van der Waals surface area contributed by atoms with Crippen LogP contribution in [0.3, 0.4) is 0 Å². The van der Waals surface area contributed by atoms with Gasteiger partial charge in [-0.15, -0.1) is 10.2 Å². The first-order valence-corrected chi connectivity index (χ1v) is 12.5. The molecule has 1 aromatic heterocycles. The molecule has 1 fully saturated rings. The first-order valence-electron chi connectivity index (χ1n) is 12.5. The number of nitrogens with zero attached hydrogens (tertiary/aromatic N) is 3. The smallest absolute Gasteiger partial charge is 0.262 e. The van der Waals surface area contributed by atoms with Gasteiger partial charge in [-0.05, 0) is 67.8 Å². The monoisotopic (exact) mass is 492 g/mol. The fourth-order valence-corrected chi connectivity index (χ4v) is 4.30.